The van der Waals surface area contributed by atoms with Crippen LogP contribution < -0.4 is 0 Å². The van der Waals surface area contributed by atoms with E-state index < -0.39 is 20.5 Å². The fourth-order valence-corrected chi connectivity index (χ4v) is 1.56. The van der Waals surface area contributed by atoms with E-state index in [-0.39, 0.29) is 5.75 Å². The van der Waals surface area contributed by atoms with Gasteiger partial charge in [-0.3, -0.25) is 13.7 Å². The van der Waals surface area contributed by atoms with Crippen LogP contribution >= 0.6 is 0 Å². The van der Waals surface area contributed by atoms with Crippen molar-refractivity contribution in [3.05, 3.63) is 18.2 Å². The van der Waals surface area contributed by atoms with E-state index in [0.717, 1.165) is 5.82 Å². The molecule has 0 unspecified atom stereocenters. The van der Waals surface area contributed by atoms with E-state index in [1.807, 2.05) is 11.6 Å². The molecule has 0 spiro atoms. The summed E-state index contributed by atoms with van der Waals surface area (Å²) in [6, 6.07) is 0. The second-order valence-electron chi connectivity index (χ2n) is 3.29. The molecule has 9 nitrogen and oxygen atoms in total. The lowest BCUT2D eigenvalue weighted by Gasteiger charge is -1.99. The van der Waals surface area contributed by atoms with E-state index in [4.69, 9.17) is 22.1 Å². The molecule has 0 aliphatic heterocycles. The van der Waals surface area contributed by atoms with E-state index in [1.54, 1.807) is 12.4 Å². The summed E-state index contributed by atoms with van der Waals surface area (Å²) in [4.78, 5) is 4.02. The first kappa shape index (κ1) is 17.0. The fourth-order valence-electron chi connectivity index (χ4n) is 1.05. The molecule has 0 amide bonds. The number of hydrogen-bond acceptors (Lipinski definition) is 5. The Morgan fingerprint density at radius 3 is 2.06 bits per heavy atom. The molecular formula is C7H14N2O7S2. The average molecular weight is 302 g/mol. The van der Waals surface area contributed by atoms with Crippen molar-refractivity contribution in [2.75, 3.05) is 5.75 Å². The maximum absolute atomic E-state index is 10.4. The van der Waals surface area contributed by atoms with Crippen molar-refractivity contribution in [3.8, 4) is 0 Å². The minimum Gasteiger partial charge on any atom is -0.338 e. The lowest BCUT2D eigenvalue weighted by atomic mass is 10.3. The van der Waals surface area contributed by atoms with Gasteiger partial charge in [-0.25, -0.2) is 4.98 Å². The Bertz CT molecular complexity index is 552. The minimum absolute atomic E-state index is 0.208. The molecule has 106 valence electrons. The Balaban J connectivity index is 0.000000494. The normalized spacial score (nSPS) is 11.8. The van der Waals surface area contributed by atoms with Crippen LogP contribution in [0.3, 0.4) is 0 Å². The maximum atomic E-state index is 10.4. The van der Waals surface area contributed by atoms with Gasteiger partial charge in [0.15, 0.2) is 0 Å². The molecule has 1 rings (SSSR count). The molecule has 11 heteroatoms. The summed E-state index contributed by atoms with van der Waals surface area (Å²) in [5, 5.41) is 0. The first-order chi connectivity index (χ1) is 7.99. The molecule has 0 bridgehead atoms. The third-order valence-electron chi connectivity index (χ3n) is 1.72. The largest absolute Gasteiger partial charge is 0.394 e. The van der Waals surface area contributed by atoms with Crippen LogP contribution in [0.4, 0.5) is 0 Å². The molecule has 3 N–H and O–H groups in total. The maximum Gasteiger partial charge on any atom is 0.394 e. The third-order valence-corrected chi connectivity index (χ3v) is 2.53. The summed E-state index contributed by atoms with van der Waals surface area (Å²) in [6.45, 7) is 0. The molecule has 0 aromatic carbocycles. The topological polar surface area (TPSA) is 147 Å². The average Bonchev–Trinajstić information content (AvgIpc) is 2.46. The van der Waals surface area contributed by atoms with Crippen LogP contribution in [0.25, 0.3) is 0 Å². The van der Waals surface area contributed by atoms with E-state index in [0.29, 0.717) is 12.8 Å². The van der Waals surface area contributed by atoms with Crippen molar-refractivity contribution in [2.24, 2.45) is 7.05 Å². The molecule has 0 atom stereocenters. The molecule has 1 heterocycles. The molecule has 0 saturated carbocycles. The summed E-state index contributed by atoms with van der Waals surface area (Å²) < 4.78 is 62.6. The van der Waals surface area contributed by atoms with Gasteiger partial charge in [0.2, 0.25) is 0 Å². The molecule has 0 saturated heterocycles. The monoisotopic (exact) mass is 302 g/mol. The summed E-state index contributed by atoms with van der Waals surface area (Å²) >= 11 is 0. The zero-order valence-corrected chi connectivity index (χ0v) is 11.1. The summed E-state index contributed by atoms with van der Waals surface area (Å²) in [6.07, 6.45) is 4.40. The van der Waals surface area contributed by atoms with Crippen molar-refractivity contribution < 1.29 is 30.5 Å². The van der Waals surface area contributed by atoms with Gasteiger partial charge in [0.1, 0.15) is 5.82 Å². The van der Waals surface area contributed by atoms with Gasteiger partial charge in [-0.1, -0.05) is 0 Å². The second kappa shape index (κ2) is 6.80. The standard InChI is InChI=1S/C7H12N2O3S.H2O4S/c1-9-5-4-8-7(9)3-2-6-13(10,11)12;1-5(2,3)4/h4-5H,2-3,6H2,1H3,(H,10,11,12);(H2,1,2,3,4). The Kier molecular flexibility index (Phi) is 6.42. The molecule has 0 aliphatic rings. The lowest BCUT2D eigenvalue weighted by Crippen LogP contribution is -2.06. The summed E-state index contributed by atoms with van der Waals surface area (Å²) in [5.41, 5.74) is 0. The highest BCUT2D eigenvalue weighted by Gasteiger charge is 2.05. The summed E-state index contributed by atoms with van der Waals surface area (Å²) in [7, 11) is -6.65. The van der Waals surface area contributed by atoms with Crippen molar-refractivity contribution in [1.82, 2.24) is 9.55 Å². The van der Waals surface area contributed by atoms with Gasteiger partial charge >= 0.3 is 10.4 Å². The third kappa shape index (κ3) is 11.5. The summed E-state index contributed by atoms with van der Waals surface area (Å²) in [5.74, 6) is 0.614. The Labute approximate surface area is 105 Å². The minimum atomic E-state index is -4.67. The van der Waals surface area contributed by atoms with Crippen LogP contribution in [0.5, 0.6) is 0 Å². The number of hydrogen-bond donors (Lipinski definition) is 3. The predicted octanol–water partition coefficient (Wildman–Crippen LogP) is -0.412. The van der Waals surface area contributed by atoms with Crippen molar-refractivity contribution in [1.29, 1.82) is 0 Å². The first-order valence-corrected chi connectivity index (χ1v) is 7.61. The number of rotatable bonds is 4. The molecule has 18 heavy (non-hydrogen) atoms. The number of imidazole rings is 1. The van der Waals surface area contributed by atoms with Crippen LogP contribution in [0.15, 0.2) is 12.4 Å². The zero-order chi connectivity index (χ0) is 14.4. The van der Waals surface area contributed by atoms with Gasteiger partial charge in [-0.15, -0.1) is 0 Å². The van der Waals surface area contributed by atoms with Crippen LogP contribution in [0.1, 0.15) is 12.2 Å². The Morgan fingerprint density at radius 2 is 1.72 bits per heavy atom. The van der Waals surface area contributed by atoms with Crippen LogP contribution in [-0.4, -0.2) is 45.8 Å². The highest BCUT2D eigenvalue weighted by molar-refractivity contribution is 7.85. The van der Waals surface area contributed by atoms with E-state index in [1.165, 1.54) is 0 Å². The van der Waals surface area contributed by atoms with E-state index in [9.17, 15) is 8.42 Å². The van der Waals surface area contributed by atoms with Crippen LogP contribution in [0.2, 0.25) is 0 Å². The van der Waals surface area contributed by atoms with Gasteiger partial charge in [-0.05, 0) is 6.42 Å². The van der Waals surface area contributed by atoms with E-state index >= 15 is 0 Å². The van der Waals surface area contributed by atoms with Crippen molar-refractivity contribution in [2.45, 2.75) is 12.8 Å². The Morgan fingerprint density at radius 1 is 1.22 bits per heavy atom. The number of nitrogens with zero attached hydrogens (tertiary/aromatic N) is 2. The highest BCUT2D eigenvalue weighted by Crippen LogP contribution is 2.00. The van der Waals surface area contributed by atoms with Gasteiger partial charge in [0.25, 0.3) is 10.1 Å². The van der Waals surface area contributed by atoms with Gasteiger partial charge < -0.3 is 4.57 Å². The zero-order valence-electron chi connectivity index (χ0n) is 9.46. The SMILES string of the molecule is Cn1ccnc1CCCS(=O)(=O)O.O=S(=O)(O)O. The number of aromatic nitrogens is 2. The lowest BCUT2D eigenvalue weighted by molar-refractivity contribution is 0.381. The van der Waals surface area contributed by atoms with Gasteiger partial charge in [-0.2, -0.15) is 16.8 Å². The van der Waals surface area contributed by atoms with Crippen molar-refractivity contribution in [3.63, 3.8) is 0 Å². The highest BCUT2D eigenvalue weighted by atomic mass is 32.3. The van der Waals surface area contributed by atoms with Crippen LogP contribution in [-0.2, 0) is 34.0 Å². The molecule has 0 aliphatic carbocycles. The van der Waals surface area contributed by atoms with E-state index in [2.05, 4.69) is 4.98 Å². The second-order valence-corrected chi connectivity index (χ2v) is 5.76. The first-order valence-electron chi connectivity index (χ1n) is 4.60. The van der Waals surface area contributed by atoms with Crippen molar-refractivity contribution >= 4 is 20.5 Å². The number of aryl methyl sites for hydroxylation is 2. The van der Waals surface area contributed by atoms with Gasteiger partial charge in [0, 0.05) is 25.9 Å². The molecule has 1 aromatic rings. The molecule has 1 aromatic heterocycles. The smallest absolute Gasteiger partial charge is 0.338 e. The Hall–Kier alpha value is -1.01. The quantitative estimate of drug-likeness (QED) is 0.636. The van der Waals surface area contributed by atoms with Gasteiger partial charge in [0.05, 0.1) is 5.75 Å². The molecule has 0 radical (unpaired) electrons. The predicted molar refractivity (Wildman–Crippen MR) is 62.1 cm³/mol. The van der Waals surface area contributed by atoms with Crippen LogP contribution in [0, 0.1) is 0 Å². The molecule has 0 fully saturated rings. The fraction of sp³-hybridized carbons (Fsp3) is 0.571. The molecular weight excluding hydrogens is 288 g/mol.